The van der Waals surface area contributed by atoms with Crippen molar-refractivity contribution in [1.29, 1.82) is 0 Å². The molecule has 0 saturated carbocycles. The van der Waals surface area contributed by atoms with Gasteiger partial charge in [0.2, 0.25) is 5.91 Å². The summed E-state index contributed by atoms with van der Waals surface area (Å²) in [6, 6.07) is 15.7. The highest BCUT2D eigenvalue weighted by Gasteiger charge is 2.18. The molecule has 0 radical (unpaired) electrons. The maximum atomic E-state index is 12.2. The summed E-state index contributed by atoms with van der Waals surface area (Å²) >= 11 is 0. The topological polar surface area (TPSA) is 70.7 Å². The zero-order valence-corrected chi connectivity index (χ0v) is 18.5. The number of ether oxygens (including phenoxy) is 1. The molecule has 2 aromatic rings. The standard InChI is InChI=1S/C25H33N3O3/c1-19-6-3-4-17-28(19)18-20-8-12-22(13-9-20)27-24(29)7-5-16-26-25(30)21-10-14-23(31-2)15-11-21/h8-15,19H,3-7,16-18H2,1-2H3,(H,26,30)(H,27,29). The lowest BCUT2D eigenvalue weighted by molar-refractivity contribution is -0.116. The Morgan fingerprint density at radius 3 is 2.48 bits per heavy atom. The van der Waals surface area contributed by atoms with Crippen LogP contribution in [0, 0.1) is 0 Å². The number of carbonyl (C=O) groups is 2. The van der Waals surface area contributed by atoms with Gasteiger partial charge in [-0.2, -0.15) is 0 Å². The zero-order chi connectivity index (χ0) is 22.1. The average molecular weight is 424 g/mol. The summed E-state index contributed by atoms with van der Waals surface area (Å²) in [5.41, 5.74) is 2.65. The Kier molecular flexibility index (Phi) is 8.47. The van der Waals surface area contributed by atoms with E-state index in [9.17, 15) is 9.59 Å². The van der Waals surface area contributed by atoms with Crippen molar-refractivity contribution < 1.29 is 14.3 Å². The highest BCUT2D eigenvalue weighted by Crippen LogP contribution is 2.20. The van der Waals surface area contributed by atoms with Crippen LogP contribution in [0.1, 0.15) is 54.9 Å². The second-order valence-electron chi connectivity index (χ2n) is 8.15. The summed E-state index contributed by atoms with van der Waals surface area (Å²) in [7, 11) is 1.59. The van der Waals surface area contributed by atoms with E-state index in [1.54, 1.807) is 31.4 Å². The van der Waals surface area contributed by atoms with Crippen LogP contribution >= 0.6 is 0 Å². The molecule has 1 saturated heterocycles. The lowest BCUT2D eigenvalue weighted by Crippen LogP contribution is -2.36. The number of amides is 2. The van der Waals surface area contributed by atoms with Crippen molar-refractivity contribution in [3.63, 3.8) is 0 Å². The van der Waals surface area contributed by atoms with Gasteiger partial charge in [0.1, 0.15) is 5.75 Å². The van der Waals surface area contributed by atoms with Gasteiger partial charge in [0.15, 0.2) is 0 Å². The second-order valence-corrected chi connectivity index (χ2v) is 8.15. The number of likely N-dealkylation sites (tertiary alicyclic amines) is 1. The molecule has 0 aliphatic carbocycles. The Morgan fingerprint density at radius 2 is 1.81 bits per heavy atom. The van der Waals surface area contributed by atoms with Crippen molar-refractivity contribution in [1.82, 2.24) is 10.2 Å². The number of nitrogens with zero attached hydrogens (tertiary/aromatic N) is 1. The number of rotatable bonds is 9. The van der Waals surface area contributed by atoms with Crippen LogP contribution in [-0.4, -0.2) is 43.0 Å². The Labute approximate surface area is 185 Å². The minimum Gasteiger partial charge on any atom is -0.497 e. The Hall–Kier alpha value is -2.86. The molecule has 6 nitrogen and oxygen atoms in total. The van der Waals surface area contributed by atoms with Gasteiger partial charge in [0.25, 0.3) is 5.91 Å². The largest absolute Gasteiger partial charge is 0.497 e. The molecule has 0 aromatic heterocycles. The molecule has 166 valence electrons. The lowest BCUT2D eigenvalue weighted by atomic mass is 10.0. The molecule has 2 N–H and O–H groups in total. The number of hydrogen-bond acceptors (Lipinski definition) is 4. The van der Waals surface area contributed by atoms with Crippen molar-refractivity contribution in [2.24, 2.45) is 0 Å². The van der Waals surface area contributed by atoms with E-state index in [0.29, 0.717) is 36.7 Å². The Balaban J connectivity index is 1.35. The highest BCUT2D eigenvalue weighted by atomic mass is 16.5. The van der Waals surface area contributed by atoms with Crippen LogP contribution in [0.15, 0.2) is 48.5 Å². The van der Waals surface area contributed by atoms with Crippen LogP contribution in [0.2, 0.25) is 0 Å². The predicted molar refractivity (Wildman–Crippen MR) is 123 cm³/mol. The molecular formula is C25H33N3O3. The molecule has 31 heavy (non-hydrogen) atoms. The fourth-order valence-corrected chi connectivity index (χ4v) is 3.84. The van der Waals surface area contributed by atoms with Gasteiger partial charge < -0.3 is 15.4 Å². The monoisotopic (exact) mass is 423 g/mol. The van der Waals surface area contributed by atoms with Gasteiger partial charge in [-0.3, -0.25) is 14.5 Å². The summed E-state index contributed by atoms with van der Waals surface area (Å²) in [6.07, 6.45) is 4.82. The van der Waals surface area contributed by atoms with E-state index in [-0.39, 0.29) is 11.8 Å². The number of methoxy groups -OCH3 is 1. The average Bonchev–Trinajstić information content (AvgIpc) is 2.79. The first-order valence-corrected chi connectivity index (χ1v) is 11.1. The van der Waals surface area contributed by atoms with E-state index in [1.165, 1.54) is 24.8 Å². The number of nitrogens with one attached hydrogen (secondary N) is 2. The van der Waals surface area contributed by atoms with Gasteiger partial charge >= 0.3 is 0 Å². The normalized spacial score (nSPS) is 16.5. The Bertz CT molecular complexity index is 849. The number of hydrogen-bond donors (Lipinski definition) is 2. The predicted octanol–water partition coefficient (Wildman–Crippen LogP) is 4.22. The van der Waals surface area contributed by atoms with Crippen LogP contribution in [0.5, 0.6) is 5.75 Å². The zero-order valence-electron chi connectivity index (χ0n) is 18.5. The number of anilines is 1. The molecular weight excluding hydrogens is 390 g/mol. The Morgan fingerprint density at radius 1 is 1.06 bits per heavy atom. The number of benzene rings is 2. The van der Waals surface area contributed by atoms with Crippen molar-refractivity contribution in [2.45, 2.75) is 51.6 Å². The van der Waals surface area contributed by atoms with Gasteiger partial charge in [-0.05, 0) is 74.7 Å². The molecule has 1 aliphatic heterocycles. The first-order valence-electron chi connectivity index (χ1n) is 11.1. The highest BCUT2D eigenvalue weighted by molar-refractivity contribution is 5.94. The van der Waals surface area contributed by atoms with Gasteiger partial charge in [0.05, 0.1) is 7.11 Å². The van der Waals surface area contributed by atoms with E-state index in [0.717, 1.165) is 18.8 Å². The summed E-state index contributed by atoms with van der Waals surface area (Å²) < 4.78 is 5.09. The molecule has 1 unspecified atom stereocenters. The van der Waals surface area contributed by atoms with Crippen molar-refractivity contribution in [2.75, 3.05) is 25.5 Å². The lowest BCUT2D eigenvalue weighted by Gasteiger charge is -2.33. The van der Waals surface area contributed by atoms with E-state index < -0.39 is 0 Å². The van der Waals surface area contributed by atoms with Crippen LogP contribution in [0.3, 0.4) is 0 Å². The molecule has 2 aromatic carbocycles. The molecule has 0 spiro atoms. The molecule has 3 rings (SSSR count). The van der Waals surface area contributed by atoms with Crippen molar-refractivity contribution >= 4 is 17.5 Å². The number of piperidine rings is 1. The fourth-order valence-electron chi connectivity index (χ4n) is 3.84. The first-order chi connectivity index (χ1) is 15.0. The van der Waals surface area contributed by atoms with Crippen molar-refractivity contribution in [3.05, 3.63) is 59.7 Å². The molecule has 1 fully saturated rings. The third kappa shape index (κ3) is 7.10. The van der Waals surface area contributed by atoms with Gasteiger partial charge in [-0.15, -0.1) is 0 Å². The van der Waals surface area contributed by atoms with Crippen molar-refractivity contribution in [3.8, 4) is 5.75 Å². The quantitative estimate of drug-likeness (QED) is 0.593. The summed E-state index contributed by atoms with van der Waals surface area (Å²) in [4.78, 5) is 26.8. The van der Waals surface area contributed by atoms with Crippen LogP contribution < -0.4 is 15.4 Å². The number of carbonyl (C=O) groups excluding carboxylic acids is 2. The van der Waals surface area contributed by atoms with Gasteiger partial charge in [-0.25, -0.2) is 0 Å². The first kappa shape index (κ1) is 22.8. The van der Waals surface area contributed by atoms with Gasteiger partial charge in [-0.1, -0.05) is 18.6 Å². The van der Waals surface area contributed by atoms with E-state index in [2.05, 4.69) is 34.6 Å². The third-order valence-electron chi connectivity index (χ3n) is 5.78. The summed E-state index contributed by atoms with van der Waals surface area (Å²) in [5, 5.41) is 5.78. The van der Waals surface area contributed by atoms with Crippen LogP contribution in [0.4, 0.5) is 5.69 Å². The molecule has 1 aliphatic rings. The third-order valence-corrected chi connectivity index (χ3v) is 5.78. The molecule has 0 bridgehead atoms. The molecule has 2 amide bonds. The SMILES string of the molecule is COc1ccc(C(=O)NCCCC(=O)Nc2ccc(CN3CCCCC3C)cc2)cc1. The maximum absolute atomic E-state index is 12.2. The summed E-state index contributed by atoms with van der Waals surface area (Å²) in [6.45, 7) is 4.87. The minimum atomic E-state index is -0.151. The van der Waals surface area contributed by atoms with E-state index in [4.69, 9.17) is 4.74 Å². The van der Waals surface area contributed by atoms with E-state index in [1.807, 2.05) is 12.1 Å². The second kappa shape index (κ2) is 11.5. The molecule has 6 heteroatoms. The summed E-state index contributed by atoms with van der Waals surface area (Å²) in [5.74, 6) is 0.514. The fraction of sp³-hybridized carbons (Fsp3) is 0.440. The smallest absolute Gasteiger partial charge is 0.251 e. The molecule has 1 atom stereocenters. The van der Waals surface area contributed by atoms with Crippen LogP contribution in [-0.2, 0) is 11.3 Å². The molecule has 1 heterocycles. The van der Waals surface area contributed by atoms with Crippen LogP contribution in [0.25, 0.3) is 0 Å². The van der Waals surface area contributed by atoms with E-state index >= 15 is 0 Å². The van der Waals surface area contributed by atoms with Gasteiger partial charge in [0, 0.05) is 36.8 Å². The minimum absolute atomic E-state index is 0.0453. The maximum Gasteiger partial charge on any atom is 0.251 e.